The number of rotatable bonds is 10. The van der Waals surface area contributed by atoms with Crippen molar-refractivity contribution in [1.82, 2.24) is 19.9 Å². The van der Waals surface area contributed by atoms with E-state index in [4.69, 9.17) is 16.6 Å². The van der Waals surface area contributed by atoms with Crippen molar-refractivity contribution in [2.75, 3.05) is 11.9 Å². The minimum atomic E-state index is -3.79. The van der Waals surface area contributed by atoms with Crippen molar-refractivity contribution in [2.45, 2.75) is 82.7 Å². The van der Waals surface area contributed by atoms with E-state index in [0.29, 0.717) is 42.4 Å². The van der Waals surface area contributed by atoms with Crippen molar-refractivity contribution in [1.29, 1.82) is 0 Å². The van der Waals surface area contributed by atoms with Crippen LogP contribution in [0, 0.1) is 18.3 Å². The number of halogens is 1. The number of hydrogen-bond donors (Lipinski definition) is 3. The molecule has 3 N–H and O–H groups in total. The number of likely N-dealkylation sites (tertiary alicyclic amines) is 1. The summed E-state index contributed by atoms with van der Waals surface area (Å²) >= 11 is 7.57. The maximum atomic E-state index is 14.0. The van der Waals surface area contributed by atoms with Crippen LogP contribution in [-0.2, 0) is 24.4 Å². The van der Waals surface area contributed by atoms with Gasteiger partial charge < -0.3 is 15.5 Å². The number of aryl methyl sites for hydroxylation is 1. The zero-order chi connectivity index (χ0) is 31.3. The summed E-state index contributed by atoms with van der Waals surface area (Å²) in [6.45, 7) is 11.9. The van der Waals surface area contributed by atoms with E-state index < -0.39 is 56.0 Å². The Morgan fingerprint density at radius 3 is 2.56 bits per heavy atom. The van der Waals surface area contributed by atoms with E-state index in [0.717, 1.165) is 16.8 Å². The minimum Gasteiger partial charge on any atom is -0.349 e. The van der Waals surface area contributed by atoms with Gasteiger partial charge in [-0.2, -0.15) is 0 Å². The summed E-state index contributed by atoms with van der Waals surface area (Å²) in [5.74, 6) is -1.87. The molecule has 0 radical (unpaired) electrons. The normalized spacial score (nSPS) is 24.3. The molecular formula is C30H38ClN5O5S2. The number of carbonyl (C=O) groups is 3. The molecule has 0 bridgehead atoms. The summed E-state index contributed by atoms with van der Waals surface area (Å²) in [6, 6.07) is 4.22. The van der Waals surface area contributed by atoms with Crippen LogP contribution in [0.4, 0.5) is 5.13 Å². The predicted octanol–water partition coefficient (Wildman–Crippen LogP) is 4.26. The summed E-state index contributed by atoms with van der Waals surface area (Å²) in [4.78, 5) is 47.1. The lowest BCUT2D eigenvalue weighted by atomic mass is 9.85. The Bertz CT molecular complexity index is 1560. The maximum absolute atomic E-state index is 14.0. The Balaban J connectivity index is 1.31. The topological polar surface area (TPSA) is 138 Å². The number of nitrogens with zero attached hydrogens (tertiary/aromatic N) is 2. The zero-order valence-electron chi connectivity index (χ0n) is 24.8. The van der Waals surface area contributed by atoms with Gasteiger partial charge in [-0.1, -0.05) is 44.5 Å². The standard InChI is InChI=1S/C30H38ClN5O5S2/c1-6-19-15-30(19,27(39)35-43(40,41)20-10-11-20)34-25(37)23-8-7-13-36(23)26(38)24(29(3,4)5)33-28-32-22(16-42-28)18-9-12-21(31)17(2)14-18/h6,9,12,14,16,19-20,23-24H,1,7-8,10-11,13,15H2,2-5H3,(H,32,33)(H,34,37)(H,35,39)/t19-,23+,24-,30-/m1/s1. The number of anilines is 1. The first kappa shape index (κ1) is 31.5. The second kappa shape index (κ2) is 11.5. The summed E-state index contributed by atoms with van der Waals surface area (Å²) < 4.78 is 27.1. The molecule has 10 nitrogen and oxygen atoms in total. The molecule has 2 aliphatic carbocycles. The molecule has 1 aromatic heterocycles. The molecule has 2 aromatic rings. The summed E-state index contributed by atoms with van der Waals surface area (Å²) in [6.07, 6.45) is 3.88. The Morgan fingerprint density at radius 1 is 1.23 bits per heavy atom. The monoisotopic (exact) mass is 647 g/mol. The number of benzene rings is 1. The second-order valence-corrected chi connectivity index (χ2v) is 16.0. The molecule has 5 rings (SSSR count). The van der Waals surface area contributed by atoms with Gasteiger partial charge in [0, 0.05) is 28.4 Å². The number of aromatic nitrogens is 1. The molecule has 13 heteroatoms. The number of carbonyl (C=O) groups excluding carboxylic acids is 3. The first-order valence-electron chi connectivity index (χ1n) is 14.5. The Labute approximate surface area is 261 Å². The maximum Gasteiger partial charge on any atom is 0.259 e. The summed E-state index contributed by atoms with van der Waals surface area (Å²) in [5, 5.41) is 8.74. The Hall–Kier alpha value is -2.96. The second-order valence-electron chi connectivity index (χ2n) is 12.8. The molecule has 0 spiro atoms. The number of hydrogen-bond acceptors (Lipinski definition) is 8. The van der Waals surface area contributed by atoms with Gasteiger partial charge in [0.25, 0.3) is 5.91 Å². The zero-order valence-corrected chi connectivity index (χ0v) is 27.2. The number of sulfonamides is 1. The number of thiazole rings is 1. The Kier molecular flexibility index (Phi) is 8.43. The van der Waals surface area contributed by atoms with Gasteiger partial charge in [-0.25, -0.2) is 13.4 Å². The molecule has 1 saturated heterocycles. The molecule has 3 fully saturated rings. The number of nitrogens with one attached hydrogen (secondary N) is 3. The van der Waals surface area contributed by atoms with E-state index in [-0.39, 0.29) is 12.3 Å². The molecule has 4 atom stereocenters. The van der Waals surface area contributed by atoms with Crippen LogP contribution in [0.25, 0.3) is 11.3 Å². The predicted molar refractivity (Wildman–Crippen MR) is 168 cm³/mol. The highest BCUT2D eigenvalue weighted by atomic mass is 35.5. The van der Waals surface area contributed by atoms with Crippen molar-refractivity contribution in [3.05, 3.63) is 46.8 Å². The largest absolute Gasteiger partial charge is 0.349 e. The molecule has 1 aromatic carbocycles. The fourth-order valence-corrected chi connectivity index (χ4v) is 7.77. The lowest BCUT2D eigenvalue weighted by Crippen LogP contribution is -2.58. The third-order valence-corrected chi connectivity index (χ3v) is 11.4. The minimum absolute atomic E-state index is 0.241. The van der Waals surface area contributed by atoms with E-state index in [2.05, 4.69) is 21.9 Å². The van der Waals surface area contributed by atoms with Gasteiger partial charge in [-0.15, -0.1) is 17.9 Å². The average molecular weight is 648 g/mol. The van der Waals surface area contributed by atoms with Crippen LogP contribution in [0.3, 0.4) is 0 Å². The first-order chi connectivity index (χ1) is 20.2. The van der Waals surface area contributed by atoms with Gasteiger partial charge in [-0.05, 0) is 62.1 Å². The summed E-state index contributed by atoms with van der Waals surface area (Å²) in [5.41, 5.74) is 0.710. The third kappa shape index (κ3) is 6.46. The molecule has 0 unspecified atom stereocenters. The van der Waals surface area contributed by atoms with Crippen molar-refractivity contribution < 1.29 is 22.8 Å². The fourth-order valence-electron chi connectivity index (χ4n) is 5.54. The van der Waals surface area contributed by atoms with Crippen molar-refractivity contribution in [3.8, 4) is 11.3 Å². The molecule has 3 aliphatic rings. The summed E-state index contributed by atoms with van der Waals surface area (Å²) in [7, 11) is -3.79. The molecule has 2 saturated carbocycles. The van der Waals surface area contributed by atoms with E-state index in [9.17, 15) is 22.8 Å². The van der Waals surface area contributed by atoms with Crippen LogP contribution >= 0.6 is 22.9 Å². The quantitative estimate of drug-likeness (QED) is 0.328. The highest BCUT2D eigenvalue weighted by Gasteiger charge is 2.61. The highest BCUT2D eigenvalue weighted by molar-refractivity contribution is 7.91. The van der Waals surface area contributed by atoms with Crippen LogP contribution in [0.1, 0.15) is 58.4 Å². The van der Waals surface area contributed by atoms with Crippen LogP contribution in [0.15, 0.2) is 36.2 Å². The number of amides is 3. The lowest BCUT2D eigenvalue weighted by molar-refractivity contribution is -0.141. The average Bonchev–Trinajstić information content (AvgIpc) is 3.81. The molecule has 232 valence electrons. The van der Waals surface area contributed by atoms with Crippen LogP contribution in [0.5, 0.6) is 0 Å². The van der Waals surface area contributed by atoms with Crippen molar-refractivity contribution in [2.24, 2.45) is 11.3 Å². The SMILES string of the molecule is C=C[C@@H]1C[C@]1(NC(=O)[C@@H]1CCCN1C(=O)[C@@H](Nc1nc(-c2ccc(Cl)c(C)c2)cs1)C(C)(C)C)C(=O)NS(=O)(=O)C1CC1. The van der Waals surface area contributed by atoms with Gasteiger partial charge in [0.1, 0.15) is 17.6 Å². The third-order valence-electron chi connectivity index (χ3n) is 8.43. The van der Waals surface area contributed by atoms with Crippen LogP contribution in [-0.4, -0.2) is 65.4 Å². The lowest BCUT2D eigenvalue weighted by Gasteiger charge is -2.35. The van der Waals surface area contributed by atoms with Crippen LogP contribution in [0.2, 0.25) is 5.02 Å². The van der Waals surface area contributed by atoms with Gasteiger partial charge >= 0.3 is 0 Å². The van der Waals surface area contributed by atoms with Gasteiger partial charge in [0.05, 0.1) is 10.9 Å². The van der Waals surface area contributed by atoms with E-state index in [1.165, 1.54) is 11.3 Å². The van der Waals surface area contributed by atoms with Gasteiger partial charge in [-0.3, -0.25) is 19.1 Å². The highest BCUT2D eigenvalue weighted by Crippen LogP contribution is 2.45. The first-order valence-corrected chi connectivity index (χ1v) is 17.3. The Morgan fingerprint density at radius 2 is 1.95 bits per heavy atom. The van der Waals surface area contributed by atoms with E-state index in [1.807, 2.05) is 51.3 Å². The van der Waals surface area contributed by atoms with Crippen LogP contribution < -0.4 is 15.4 Å². The molecule has 43 heavy (non-hydrogen) atoms. The smallest absolute Gasteiger partial charge is 0.259 e. The fraction of sp³-hybridized carbons (Fsp3) is 0.533. The van der Waals surface area contributed by atoms with Crippen molar-refractivity contribution >= 4 is 55.8 Å². The molecule has 2 heterocycles. The molecule has 3 amide bonds. The molecule has 1 aliphatic heterocycles. The van der Waals surface area contributed by atoms with Gasteiger partial charge in [0.2, 0.25) is 21.8 Å². The van der Waals surface area contributed by atoms with E-state index >= 15 is 0 Å². The molecular weight excluding hydrogens is 610 g/mol. The van der Waals surface area contributed by atoms with Gasteiger partial charge in [0.15, 0.2) is 5.13 Å². The van der Waals surface area contributed by atoms with Crippen molar-refractivity contribution in [3.63, 3.8) is 0 Å². The van der Waals surface area contributed by atoms with E-state index in [1.54, 1.807) is 11.0 Å².